The lowest BCUT2D eigenvalue weighted by Crippen LogP contribution is -2.15. The Morgan fingerprint density at radius 1 is 1.09 bits per heavy atom. The average Bonchev–Trinajstić information content (AvgIpc) is 2.99. The molecule has 2 rings (SSSR count). The highest BCUT2D eigenvalue weighted by atomic mass is 32.2. The van der Waals surface area contributed by atoms with Gasteiger partial charge in [-0.2, -0.15) is 0 Å². The number of Topliss-reactive ketones (excluding diaryl/α,β-unsaturated/α-hetero) is 1. The Bertz CT molecular complexity index is 781. The van der Waals surface area contributed by atoms with E-state index < -0.39 is 10.0 Å². The molecule has 1 heterocycles. The topological polar surface area (TPSA) is 106 Å². The second kappa shape index (κ2) is 7.49. The van der Waals surface area contributed by atoms with Crippen molar-refractivity contribution in [3.05, 3.63) is 52.2 Å². The first kappa shape index (κ1) is 17.3. The number of nitrogens with two attached hydrogens (primary N) is 1. The highest BCUT2D eigenvalue weighted by molar-refractivity contribution is 7.88. The minimum Gasteiger partial charge on any atom is -0.326 e. The molecule has 6 nitrogen and oxygen atoms in total. The van der Waals surface area contributed by atoms with E-state index in [0.717, 1.165) is 0 Å². The fraction of sp³-hybridized carbons (Fsp3) is 0.200. The molecular weight excluding hydrogens is 336 g/mol. The summed E-state index contributed by atoms with van der Waals surface area (Å²) in [5.41, 5.74) is 1.08. The van der Waals surface area contributed by atoms with Crippen LogP contribution < -0.4 is 10.5 Å². The SMILES string of the molecule is NS(=O)(=O)Cc1ccc(NC(=O)CCC(=O)c2cccs2)cc1. The highest BCUT2D eigenvalue weighted by Gasteiger charge is 2.10. The van der Waals surface area contributed by atoms with Crippen LogP contribution in [0.3, 0.4) is 0 Å². The van der Waals surface area contributed by atoms with E-state index in [4.69, 9.17) is 5.14 Å². The van der Waals surface area contributed by atoms with Crippen LogP contribution in [0.1, 0.15) is 28.1 Å². The van der Waals surface area contributed by atoms with Crippen LogP contribution >= 0.6 is 11.3 Å². The molecule has 0 saturated carbocycles. The number of primary sulfonamides is 1. The molecule has 0 aliphatic heterocycles. The van der Waals surface area contributed by atoms with Crippen molar-refractivity contribution in [1.29, 1.82) is 0 Å². The summed E-state index contributed by atoms with van der Waals surface area (Å²) in [6.45, 7) is 0. The zero-order valence-electron chi connectivity index (χ0n) is 12.2. The lowest BCUT2D eigenvalue weighted by atomic mass is 10.2. The van der Waals surface area contributed by atoms with Gasteiger partial charge in [0.25, 0.3) is 0 Å². The summed E-state index contributed by atoms with van der Waals surface area (Å²) < 4.78 is 22.0. The predicted octanol–water partition coefficient (Wildman–Crippen LogP) is 2.14. The minimum atomic E-state index is -3.58. The Balaban J connectivity index is 1.84. The van der Waals surface area contributed by atoms with E-state index in [9.17, 15) is 18.0 Å². The van der Waals surface area contributed by atoms with Gasteiger partial charge in [0.2, 0.25) is 15.9 Å². The van der Waals surface area contributed by atoms with Gasteiger partial charge in [0.15, 0.2) is 5.78 Å². The highest BCUT2D eigenvalue weighted by Crippen LogP contribution is 2.14. The Morgan fingerprint density at radius 3 is 2.35 bits per heavy atom. The van der Waals surface area contributed by atoms with Gasteiger partial charge in [-0.15, -0.1) is 11.3 Å². The number of nitrogens with one attached hydrogen (secondary N) is 1. The molecule has 0 saturated heterocycles. The van der Waals surface area contributed by atoms with Crippen LogP contribution in [-0.2, 0) is 20.6 Å². The fourth-order valence-corrected chi connectivity index (χ4v) is 3.28. The number of carbonyl (C=O) groups excluding carboxylic acids is 2. The van der Waals surface area contributed by atoms with Gasteiger partial charge in [0.1, 0.15) is 0 Å². The Morgan fingerprint density at radius 2 is 1.78 bits per heavy atom. The van der Waals surface area contributed by atoms with Gasteiger partial charge < -0.3 is 5.32 Å². The van der Waals surface area contributed by atoms with E-state index >= 15 is 0 Å². The van der Waals surface area contributed by atoms with Gasteiger partial charge in [-0.25, -0.2) is 13.6 Å². The maximum absolute atomic E-state index is 11.8. The molecule has 0 radical (unpaired) electrons. The maximum Gasteiger partial charge on any atom is 0.224 e. The van der Waals surface area contributed by atoms with E-state index in [1.807, 2.05) is 5.38 Å². The molecule has 2 aromatic rings. The molecular formula is C15H16N2O4S2. The van der Waals surface area contributed by atoms with Crippen LogP contribution in [0.15, 0.2) is 41.8 Å². The molecule has 0 bridgehead atoms. The molecule has 1 amide bonds. The minimum absolute atomic E-state index is 0.0568. The molecule has 1 aromatic heterocycles. The largest absolute Gasteiger partial charge is 0.326 e. The molecule has 3 N–H and O–H groups in total. The van der Waals surface area contributed by atoms with Gasteiger partial charge in [-0.3, -0.25) is 9.59 Å². The molecule has 8 heteroatoms. The van der Waals surface area contributed by atoms with Crippen molar-refractivity contribution in [3.63, 3.8) is 0 Å². The summed E-state index contributed by atoms with van der Waals surface area (Å²) in [6.07, 6.45) is 0.242. The van der Waals surface area contributed by atoms with Gasteiger partial charge in [-0.05, 0) is 29.1 Å². The zero-order valence-corrected chi connectivity index (χ0v) is 13.8. The fourth-order valence-electron chi connectivity index (χ4n) is 1.93. The Labute approximate surface area is 138 Å². The zero-order chi connectivity index (χ0) is 16.9. The number of hydrogen-bond donors (Lipinski definition) is 2. The Kier molecular flexibility index (Phi) is 5.64. The molecule has 0 aliphatic rings. The van der Waals surface area contributed by atoms with Crippen molar-refractivity contribution in [3.8, 4) is 0 Å². The predicted molar refractivity (Wildman–Crippen MR) is 89.8 cm³/mol. The number of anilines is 1. The number of sulfonamides is 1. The number of hydrogen-bond acceptors (Lipinski definition) is 5. The summed E-state index contributed by atoms with van der Waals surface area (Å²) in [5, 5.41) is 9.45. The third kappa shape index (κ3) is 5.93. The van der Waals surface area contributed by atoms with E-state index in [1.165, 1.54) is 11.3 Å². The lowest BCUT2D eigenvalue weighted by Gasteiger charge is -2.06. The quantitative estimate of drug-likeness (QED) is 0.744. The van der Waals surface area contributed by atoms with E-state index in [-0.39, 0.29) is 30.3 Å². The van der Waals surface area contributed by atoms with Crippen LogP contribution in [0.25, 0.3) is 0 Å². The van der Waals surface area contributed by atoms with Crippen molar-refractivity contribution < 1.29 is 18.0 Å². The standard InChI is InChI=1S/C15H16N2O4S2/c16-23(20,21)10-11-3-5-12(6-4-11)17-15(19)8-7-13(18)14-2-1-9-22-14/h1-6,9H,7-8,10H2,(H,17,19)(H2,16,20,21). The van der Waals surface area contributed by atoms with Gasteiger partial charge in [0, 0.05) is 18.5 Å². The van der Waals surface area contributed by atoms with Crippen LogP contribution in [0, 0.1) is 0 Å². The molecule has 122 valence electrons. The smallest absolute Gasteiger partial charge is 0.224 e. The van der Waals surface area contributed by atoms with Crippen molar-refractivity contribution in [2.45, 2.75) is 18.6 Å². The third-order valence-corrected chi connectivity index (χ3v) is 4.63. The Hall–Kier alpha value is -2.03. The number of ketones is 1. The number of benzene rings is 1. The van der Waals surface area contributed by atoms with Gasteiger partial charge in [0.05, 0.1) is 10.6 Å². The summed E-state index contributed by atoms with van der Waals surface area (Å²) >= 11 is 1.35. The maximum atomic E-state index is 11.8. The molecule has 0 fully saturated rings. The summed E-state index contributed by atoms with van der Waals surface area (Å²) in [5.74, 6) is -0.580. The van der Waals surface area contributed by atoms with E-state index in [2.05, 4.69) is 5.32 Å². The first-order valence-electron chi connectivity index (χ1n) is 6.79. The molecule has 1 aromatic carbocycles. The monoisotopic (exact) mass is 352 g/mol. The normalized spacial score (nSPS) is 11.2. The molecule has 0 aliphatic carbocycles. The average molecular weight is 352 g/mol. The molecule has 0 unspecified atom stereocenters. The van der Waals surface area contributed by atoms with Crippen LogP contribution in [0.4, 0.5) is 5.69 Å². The second-order valence-electron chi connectivity index (χ2n) is 4.95. The van der Waals surface area contributed by atoms with Crippen molar-refractivity contribution in [1.82, 2.24) is 0 Å². The summed E-state index contributed by atoms with van der Waals surface area (Å²) in [6, 6.07) is 9.88. The van der Waals surface area contributed by atoms with E-state index in [0.29, 0.717) is 16.1 Å². The van der Waals surface area contributed by atoms with Gasteiger partial charge in [-0.1, -0.05) is 18.2 Å². The van der Waals surface area contributed by atoms with Crippen molar-refractivity contribution in [2.24, 2.45) is 5.14 Å². The van der Waals surface area contributed by atoms with Gasteiger partial charge >= 0.3 is 0 Å². The molecule has 0 atom stereocenters. The van der Waals surface area contributed by atoms with Crippen LogP contribution in [0.2, 0.25) is 0 Å². The number of carbonyl (C=O) groups is 2. The first-order valence-corrected chi connectivity index (χ1v) is 9.39. The van der Waals surface area contributed by atoms with E-state index in [1.54, 1.807) is 36.4 Å². The number of rotatable bonds is 7. The number of amides is 1. The van der Waals surface area contributed by atoms with Crippen LogP contribution in [-0.4, -0.2) is 20.1 Å². The summed E-state index contributed by atoms with van der Waals surface area (Å²) in [7, 11) is -3.58. The number of thiophene rings is 1. The summed E-state index contributed by atoms with van der Waals surface area (Å²) in [4.78, 5) is 24.3. The van der Waals surface area contributed by atoms with Crippen molar-refractivity contribution in [2.75, 3.05) is 5.32 Å². The lowest BCUT2D eigenvalue weighted by molar-refractivity contribution is -0.116. The molecule has 23 heavy (non-hydrogen) atoms. The third-order valence-electron chi connectivity index (χ3n) is 2.98. The molecule has 0 spiro atoms. The van der Waals surface area contributed by atoms with Crippen LogP contribution in [0.5, 0.6) is 0 Å². The first-order chi connectivity index (χ1) is 10.8. The van der Waals surface area contributed by atoms with Crippen molar-refractivity contribution >= 4 is 38.7 Å². The second-order valence-corrected chi connectivity index (χ2v) is 7.51.